The van der Waals surface area contributed by atoms with E-state index >= 15 is 0 Å². The van der Waals surface area contributed by atoms with E-state index in [1.807, 2.05) is 42.5 Å². The molecule has 0 aliphatic carbocycles. The number of fused-ring (bicyclic) bond motifs is 3. The molecule has 0 radical (unpaired) electrons. The van der Waals surface area contributed by atoms with E-state index in [4.69, 9.17) is 12.3 Å². The lowest BCUT2D eigenvalue weighted by Gasteiger charge is -2.20. The molecule has 0 atom stereocenters. The molecule has 0 unspecified atom stereocenters. The largest absolute Gasteiger partial charge is 0.296 e. The zero-order valence-electron chi connectivity index (χ0n) is 35.7. The van der Waals surface area contributed by atoms with Gasteiger partial charge in [-0.05, 0) is 79.2 Å². The Hall–Kier alpha value is -5.47. The molecule has 0 saturated carbocycles. The molecule has 0 aliphatic heterocycles. The zero-order valence-corrected chi connectivity index (χ0v) is 22.7. The number of aromatic nitrogens is 2. The summed E-state index contributed by atoms with van der Waals surface area (Å²) in [4.78, 5) is 4.43. The van der Waals surface area contributed by atoms with E-state index in [9.17, 15) is 5.48 Å². The first-order valence-electron chi connectivity index (χ1n) is 20.3. The van der Waals surface area contributed by atoms with Gasteiger partial charge in [0.05, 0.1) is 22.0 Å². The quantitative estimate of drug-likeness (QED) is 0.190. The first kappa shape index (κ1) is 15.1. The van der Waals surface area contributed by atoms with Crippen LogP contribution >= 0.6 is 0 Å². The minimum atomic E-state index is -3.10. The molecule has 1 heterocycles. The van der Waals surface area contributed by atoms with Gasteiger partial charge < -0.3 is 0 Å². The van der Waals surface area contributed by atoms with Crippen LogP contribution in [0.4, 0.5) is 0 Å². The number of benzene rings is 7. The van der Waals surface area contributed by atoms with Crippen LogP contribution in [-0.4, -0.2) is 9.55 Å². The molecule has 7 aromatic carbocycles. The van der Waals surface area contributed by atoms with Crippen LogP contribution in [0.25, 0.3) is 71.6 Å². The van der Waals surface area contributed by atoms with Crippen LogP contribution in [0.3, 0.4) is 0 Å². The molecule has 1 aromatic heterocycles. The number of hydrogen-bond donors (Lipinski definition) is 0. The molecule has 2 heteroatoms. The fourth-order valence-electron chi connectivity index (χ4n) is 5.93. The van der Waals surface area contributed by atoms with Crippen LogP contribution in [0, 0.1) is 0 Å². The van der Waals surface area contributed by atoms with E-state index in [0.29, 0.717) is 22.2 Å². The Morgan fingerprint density at radius 2 is 1.23 bits per heavy atom. The van der Waals surface area contributed by atoms with Gasteiger partial charge in [0.1, 0.15) is 5.82 Å². The fraction of sp³-hybridized carbons (Fsp3) is 0.0488. The third kappa shape index (κ3) is 4.14. The summed E-state index contributed by atoms with van der Waals surface area (Å²) < 4.78 is 116. The van der Waals surface area contributed by atoms with Crippen LogP contribution in [0.2, 0.25) is 0 Å². The maximum absolute atomic E-state index is 9.36. The van der Waals surface area contributed by atoms with Crippen molar-refractivity contribution in [1.29, 1.82) is 0 Å². The predicted molar refractivity (Wildman–Crippen MR) is 182 cm³/mol. The van der Waals surface area contributed by atoms with Gasteiger partial charge >= 0.3 is 0 Å². The van der Waals surface area contributed by atoms with Crippen molar-refractivity contribution in [2.45, 2.75) is 13.2 Å². The second-order valence-corrected chi connectivity index (χ2v) is 10.1. The molecule has 0 spiro atoms. The van der Waals surface area contributed by atoms with Gasteiger partial charge in [-0.15, -0.1) is 0 Å². The van der Waals surface area contributed by atoms with Gasteiger partial charge in [0, 0.05) is 18.9 Å². The predicted octanol–water partition coefficient (Wildman–Crippen LogP) is 10.9. The molecule has 0 aliphatic rings. The number of imidazole rings is 1. The lowest BCUT2D eigenvalue weighted by molar-refractivity contribution is 0.908. The summed E-state index contributed by atoms with van der Waals surface area (Å²) in [5.74, 6) is -0.387. The van der Waals surface area contributed by atoms with Gasteiger partial charge in [0.25, 0.3) is 0 Å². The van der Waals surface area contributed by atoms with E-state index in [1.165, 1.54) is 4.57 Å². The minimum Gasteiger partial charge on any atom is -0.296 e. The Bertz CT molecular complexity index is 2840. The number of hydrogen-bond acceptors (Lipinski definition) is 1. The molecule has 0 saturated heterocycles. The molecule has 43 heavy (non-hydrogen) atoms. The van der Waals surface area contributed by atoms with Crippen molar-refractivity contribution in [3.63, 3.8) is 0 Å². The summed E-state index contributed by atoms with van der Waals surface area (Å²) in [5, 5.41) is 0.115. The van der Waals surface area contributed by atoms with Crippen molar-refractivity contribution in [3.8, 4) is 39.1 Å². The van der Waals surface area contributed by atoms with Gasteiger partial charge in [0.15, 0.2) is 0 Å². The molecular weight excluding hydrogens is 520 g/mol. The summed E-state index contributed by atoms with van der Waals surface area (Å²) >= 11 is 0. The van der Waals surface area contributed by atoms with Crippen molar-refractivity contribution in [3.05, 3.63) is 157 Å². The van der Waals surface area contributed by atoms with Crippen LogP contribution in [0.5, 0.6) is 0 Å². The fourth-order valence-corrected chi connectivity index (χ4v) is 5.93. The normalized spacial score (nSPS) is 16.4. The van der Waals surface area contributed by atoms with Gasteiger partial charge in [-0.2, -0.15) is 0 Å². The van der Waals surface area contributed by atoms with Gasteiger partial charge in [-0.25, -0.2) is 4.98 Å². The lowest BCUT2D eigenvalue weighted by atomic mass is 9.84. The monoisotopic (exact) mass is 563 g/mol. The lowest BCUT2D eigenvalue weighted by Crippen LogP contribution is -2.00. The van der Waals surface area contributed by atoms with Crippen molar-refractivity contribution in [1.82, 2.24) is 9.55 Å². The van der Waals surface area contributed by atoms with E-state index in [1.54, 1.807) is 60.7 Å². The maximum atomic E-state index is 9.36. The number of aryl methyl sites for hydroxylation is 1. The van der Waals surface area contributed by atoms with E-state index in [2.05, 4.69) is 4.98 Å². The number of rotatable bonds is 5. The Morgan fingerprint density at radius 3 is 1.95 bits per heavy atom. The summed E-state index contributed by atoms with van der Waals surface area (Å²) in [7, 11) is 0. The van der Waals surface area contributed by atoms with Gasteiger partial charge in [-0.3, -0.25) is 4.57 Å². The first-order valence-corrected chi connectivity index (χ1v) is 13.8. The summed E-state index contributed by atoms with van der Waals surface area (Å²) in [6.07, 6.45) is -2.91. The first-order chi connectivity index (χ1) is 26.6. The van der Waals surface area contributed by atoms with Crippen molar-refractivity contribution < 1.29 is 17.8 Å². The highest BCUT2D eigenvalue weighted by Gasteiger charge is 2.19. The minimum absolute atomic E-state index is 0.0112. The zero-order chi connectivity index (χ0) is 40.0. The Labute approximate surface area is 269 Å². The third-order valence-corrected chi connectivity index (χ3v) is 7.72. The second-order valence-electron chi connectivity index (χ2n) is 10.1. The molecular formula is C41H30N2. The molecule has 0 amide bonds. The van der Waals surface area contributed by atoms with Crippen molar-refractivity contribution in [2.24, 2.45) is 0 Å². The molecule has 8 aromatic rings. The van der Waals surface area contributed by atoms with Crippen LogP contribution in [-0.2, 0) is 6.37 Å². The third-order valence-electron chi connectivity index (χ3n) is 7.72. The Kier molecular flexibility index (Phi) is 3.67. The van der Waals surface area contributed by atoms with E-state index in [-0.39, 0.29) is 49.7 Å². The second kappa shape index (κ2) is 10.4. The molecule has 0 fully saturated rings. The SMILES string of the molecule is [2H]c1c([2H])c([2H])c2c(-c3ccccc3-c3ccccc3)c3c([2H])c([2H])c([2H])c([2H])c3c(-c3cccc(-n4c(C([2H])([2H])C([2H])([2H])[2H])nc5ccccc54)c3)c2c1[2H]. The molecule has 2 nitrogen and oxygen atoms in total. The summed E-state index contributed by atoms with van der Waals surface area (Å²) in [6.45, 7) is -3.10. The average Bonchev–Trinajstić information content (AvgIpc) is 3.60. The average molecular weight is 564 g/mol. The molecule has 0 bridgehead atoms. The molecule has 204 valence electrons. The molecule has 8 rings (SSSR count). The van der Waals surface area contributed by atoms with Crippen LogP contribution in [0.15, 0.2) is 151 Å². The maximum Gasteiger partial charge on any atom is 0.114 e. The van der Waals surface area contributed by atoms with E-state index < -0.39 is 61.6 Å². The summed E-state index contributed by atoms with van der Waals surface area (Å²) in [5.41, 5.74) is 3.53. The standard InChI is InChI=1S/C41H30N2/c1-2-39-42-37-25-12-13-26-38(37)43(39)30-18-14-17-29(27-30)40-33-21-8-10-23-35(33)41(36-24-11-9-22-34(36)40)32-20-7-6-19-31(32)28-15-4-3-5-16-28/h3-27H,2H2,1H3/i1D3,2D2,8D,9D,10D,11D,21D,22D,23D,24D. The Balaban J connectivity index is 1.58. The highest BCUT2D eigenvalue weighted by atomic mass is 15.1. The van der Waals surface area contributed by atoms with E-state index in [0.717, 1.165) is 5.56 Å². The highest BCUT2D eigenvalue weighted by Crippen LogP contribution is 2.46. The van der Waals surface area contributed by atoms with Crippen LogP contribution in [0.1, 0.15) is 30.5 Å². The summed E-state index contributed by atoms with van der Waals surface area (Å²) in [6, 6.07) is 25.9. The Morgan fingerprint density at radius 1 is 0.628 bits per heavy atom. The van der Waals surface area contributed by atoms with Crippen molar-refractivity contribution >= 4 is 32.6 Å². The smallest absolute Gasteiger partial charge is 0.114 e. The van der Waals surface area contributed by atoms with Gasteiger partial charge in [-0.1, -0.05) is 134 Å². The van der Waals surface area contributed by atoms with Gasteiger partial charge in [0.2, 0.25) is 0 Å². The molecule has 0 N–H and O–H groups in total. The van der Waals surface area contributed by atoms with Crippen LogP contribution < -0.4 is 0 Å². The highest BCUT2D eigenvalue weighted by molar-refractivity contribution is 6.22. The van der Waals surface area contributed by atoms with Crippen molar-refractivity contribution in [2.75, 3.05) is 0 Å². The topological polar surface area (TPSA) is 17.8 Å². The number of nitrogens with zero attached hydrogens (tertiary/aromatic N) is 2. The number of para-hydroxylation sites is 2.